The van der Waals surface area contributed by atoms with E-state index in [1.54, 1.807) is 7.11 Å². The van der Waals surface area contributed by atoms with E-state index in [-0.39, 0.29) is 11.8 Å². The third-order valence-corrected chi connectivity index (χ3v) is 5.93. The van der Waals surface area contributed by atoms with Crippen molar-refractivity contribution >= 4 is 28.5 Å². The number of hydrogen-bond acceptors (Lipinski definition) is 4. The van der Waals surface area contributed by atoms with E-state index in [0.717, 1.165) is 32.5 Å². The van der Waals surface area contributed by atoms with Gasteiger partial charge in [-0.2, -0.15) is 0 Å². The van der Waals surface area contributed by atoms with E-state index in [1.165, 1.54) is 6.42 Å². The second-order valence-electron chi connectivity index (χ2n) is 5.86. The molecule has 20 heavy (non-hydrogen) atoms. The molecule has 2 saturated heterocycles. The van der Waals surface area contributed by atoms with Gasteiger partial charge in [0.15, 0.2) is 0 Å². The molecule has 0 radical (unpaired) electrons. The van der Waals surface area contributed by atoms with Crippen LogP contribution in [0, 0.1) is 5.92 Å². The first-order chi connectivity index (χ1) is 9.61. The molecular weight excluding hydrogens is 369 g/mol. The molecule has 2 aliphatic rings. The van der Waals surface area contributed by atoms with Gasteiger partial charge in [0.2, 0.25) is 5.91 Å². The van der Waals surface area contributed by atoms with Crippen LogP contribution in [0.1, 0.15) is 19.3 Å². The Morgan fingerprint density at radius 3 is 2.65 bits per heavy atom. The van der Waals surface area contributed by atoms with Crippen molar-refractivity contribution in [2.45, 2.75) is 29.4 Å². The van der Waals surface area contributed by atoms with E-state index >= 15 is 0 Å². The zero-order valence-corrected chi connectivity index (χ0v) is 14.6. The minimum absolute atomic E-state index is 0.192. The standard InChI is InChI=1S/C14H26IN3O2/c1-17-10-12(9-13(17)15)18-6-3-11(4-7-18)14(19)16-5-8-20-2/h11-13H,3-10H2,1-2H3,(H,16,19)/t12-,13-/m0/s1. The molecule has 2 heterocycles. The molecule has 0 aromatic heterocycles. The number of methoxy groups -OCH3 is 1. The fraction of sp³-hybridized carbons (Fsp3) is 0.929. The van der Waals surface area contributed by atoms with Crippen LogP contribution in [0.5, 0.6) is 0 Å². The number of alkyl halides is 1. The Labute approximate surface area is 135 Å². The molecule has 6 heteroatoms. The summed E-state index contributed by atoms with van der Waals surface area (Å²) in [6.45, 7) is 4.50. The highest BCUT2D eigenvalue weighted by atomic mass is 127. The van der Waals surface area contributed by atoms with Gasteiger partial charge in [0.25, 0.3) is 0 Å². The summed E-state index contributed by atoms with van der Waals surface area (Å²) < 4.78 is 5.62. The van der Waals surface area contributed by atoms with Crippen molar-refractivity contribution in [1.29, 1.82) is 0 Å². The molecule has 2 rings (SSSR count). The molecule has 0 saturated carbocycles. The van der Waals surface area contributed by atoms with Gasteiger partial charge < -0.3 is 10.1 Å². The first kappa shape index (κ1) is 16.5. The van der Waals surface area contributed by atoms with Crippen molar-refractivity contribution in [2.24, 2.45) is 5.92 Å². The third kappa shape index (κ3) is 4.29. The number of nitrogens with one attached hydrogen (secondary N) is 1. The highest BCUT2D eigenvalue weighted by molar-refractivity contribution is 14.1. The number of carbonyl (C=O) groups excluding carboxylic acids is 1. The van der Waals surface area contributed by atoms with Crippen molar-refractivity contribution < 1.29 is 9.53 Å². The highest BCUT2D eigenvalue weighted by Gasteiger charge is 2.34. The van der Waals surface area contributed by atoms with E-state index in [4.69, 9.17) is 4.74 Å². The van der Waals surface area contributed by atoms with Crippen LogP contribution in [-0.4, -0.2) is 72.7 Å². The average molecular weight is 395 g/mol. The Bertz CT molecular complexity index is 312. The van der Waals surface area contributed by atoms with Gasteiger partial charge in [0, 0.05) is 32.2 Å². The summed E-state index contributed by atoms with van der Waals surface area (Å²) in [6.07, 6.45) is 3.23. The van der Waals surface area contributed by atoms with Crippen LogP contribution in [0.4, 0.5) is 0 Å². The van der Waals surface area contributed by atoms with Crippen molar-refractivity contribution in [3.63, 3.8) is 0 Å². The molecule has 1 amide bonds. The normalized spacial score (nSPS) is 29.8. The number of halogens is 1. The van der Waals surface area contributed by atoms with Gasteiger partial charge in [-0.15, -0.1) is 0 Å². The second-order valence-corrected chi connectivity index (χ2v) is 7.30. The van der Waals surface area contributed by atoms with Gasteiger partial charge in [0.1, 0.15) is 0 Å². The molecule has 2 fully saturated rings. The summed E-state index contributed by atoms with van der Waals surface area (Å²) in [5.74, 6) is 0.398. The van der Waals surface area contributed by atoms with Gasteiger partial charge in [-0.05, 0) is 39.4 Å². The quantitative estimate of drug-likeness (QED) is 0.326. The Morgan fingerprint density at radius 1 is 1.40 bits per heavy atom. The lowest BCUT2D eigenvalue weighted by Gasteiger charge is -2.35. The number of piperidine rings is 1. The monoisotopic (exact) mass is 395 g/mol. The molecule has 0 unspecified atom stereocenters. The predicted molar refractivity (Wildman–Crippen MR) is 88.0 cm³/mol. The summed E-state index contributed by atoms with van der Waals surface area (Å²) in [5.41, 5.74) is 0. The van der Waals surface area contributed by atoms with Crippen molar-refractivity contribution in [3.05, 3.63) is 0 Å². The van der Waals surface area contributed by atoms with Gasteiger partial charge >= 0.3 is 0 Å². The summed E-state index contributed by atoms with van der Waals surface area (Å²) in [7, 11) is 3.86. The number of nitrogens with zero attached hydrogens (tertiary/aromatic N) is 2. The number of amides is 1. The van der Waals surface area contributed by atoms with Crippen LogP contribution < -0.4 is 5.32 Å². The maximum Gasteiger partial charge on any atom is 0.223 e. The predicted octanol–water partition coefficient (Wildman–Crippen LogP) is 0.926. The zero-order chi connectivity index (χ0) is 14.5. The first-order valence-corrected chi connectivity index (χ1v) is 8.71. The van der Waals surface area contributed by atoms with Crippen LogP contribution in [0.3, 0.4) is 0 Å². The Balaban J connectivity index is 1.71. The Kier molecular flexibility index (Phi) is 6.51. The molecule has 0 aromatic carbocycles. The highest BCUT2D eigenvalue weighted by Crippen LogP contribution is 2.28. The van der Waals surface area contributed by atoms with Gasteiger partial charge in [0.05, 0.1) is 10.7 Å². The number of rotatable bonds is 5. The lowest BCUT2D eigenvalue weighted by Crippen LogP contribution is -2.46. The molecule has 1 N–H and O–H groups in total. The van der Waals surface area contributed by atoms with Gasteiger partial charge in [-0.1, -0.05) is 22.6 Å². The summed E-state index contributed by atoms with van der Waals surface area (Å²) in [5, 5.41) is 2.96. The maximum atomic E-state index is 12.0. The van der Waals surface area contributed by atoms with E-state index in [2.05, 4.69) is 44.8 Å². The minimum Gasteiger partial charge on any atom is -0.383 e. The molecule has 0 aliphatic carbocycles. The van der Waals surface area contributed by atoms with Crippen LogP contribution in [-0.2, 0) is 9.53 Å². The van der Waals surface area contributed by atoms with Crippen LogP contribution >= 0.6 is 22.6 Å². The summed E-state index contributed by atoms with van der Waals surface area (Å²) in [4.78, 5) is 17.0. The van der Waals surface area contributed by atoms with E-state index in [0.29, 0.717) is 23.2 Å². The lowest BCUT2D eigenvalue weighted by molar-refractivity contribution is -0.126. The molecule has 2 atom stereocenters. The van der Waals surface area contributed by atoms with Crippen LogP contribution in [0.25, 0.3) is 0 Å². The minimum atomic E-state index is 0.192. The second kappa shape index (κ2) is 7.91. The molecule has 5 nitrogen and oxygen atoms in total. The number of likely N-dealkylation sites (N-methyl/N-ethyl adjacent to an activating group) is 1. The van der Waals surface area contributed by atoms with Crippen LogP contribution in [0.2, 0.25) is 0 Å². The SMILES string of the molecule is COCCNC(=O)C1CCN([C@H]2C[C@@H](I)N(C)C2)CC1. The zero-order valence-electron chi connectivity index (χ0n) is 12.5. The first-order valence-electron chi connectivity index (χ1n) is 7.47. The fourth-order valence-electron chi connectivity index (χ4n) is 3.14. The molecule has 0 spiro atoms. The number of carbonyl (C=O) groups is 1. The number of likely N-dealkylation sites (tertiary alicyclic amines) is 2. The number of hydrogen-bond donors (Lipinski definition) is 1. The van der Waals surface area contributed by atoms with Gasteiger partial charge in [-0.25, -0.2) is 0 Å². The smallest absolute Gasteiger partial charge is 0.223 e. The molecular formula is C14H26IN3O2. The molecule has 0 bridgehead atoms. The molecule has 116 valence electrons. The topological polar surface area (TPSA) is 44.8 Å². The lowest BCUT2D eigenvalue weighted by atomic mass is 9.94. The van der Waals surface area contributed by atoms with Crippen molar-refractivity contribution in [3.8, 4) is 0 Å². The number of ether oxygens (including phenoxy) is 1. The molecule has 2 aliphatic heterocycles. The van der Waals surface area contributed by atoms with Gasteiger partial charge in [-0.3, -0.25) is 14.6 Å². The van der Waals surface area contributed by atoms with E-state index in [9.17, 15) is 4.79 Å². The Hall–Kier alpha value is 0.0800. The third-order valence-electron chi connectivity index (χ3n) is 4.47. The summed E-state index contributed by atoms with van der Waals surface area (Å²) >= 11 is 2.53. The van der Waals surface area contributed by atoms with E-state index in [1.807, 2.05) is 0 Å². The average Bonchev–Trinajstić information content (AvgIpc) is 2.79. The summed E-state index contributed by atoms with van der Waals surface area (Å²) in [6, 6.07) is 0.680. The largest absolute Gasteiger partial charge is 0.383 e. The fourth-order valence-corrected chi connectivity index (χ4v) is 3.95. The van der Waals surface area contributed by atoms with Crippen molar-refractivity contribution in [2.75, 3.05) is 46.9 Å². The van der Waals surface area contributed by atoms with Crippen LogP contribution in [0.15, 0.2) is 0 Å². The van der Waals surface area contributed by atoms with Crippen molar-refractivity contribution in [1.82, 2.24) is 15.1 Å². The van der Waals surface area contributed by atoms with E-state index < -0.39 is 0 Å². The maximum absolute atomic E-state index is 12.0. The molecule has 0 aromatic rings. The Morgan fingerprint density at radius 2 is 2.10 bits per heavy atom.